The molecule has 2 rings (SSSR count). The zero-order chi connectivity index (χ0) is 14.0. The van der Waals surface area contributed by atoms with Crippen LogP contribution in [0.4, 0.5) is 0 Å². The van der Waals surface area contributed by atoms with Gasteiger partial charge in [-0.3, -0.25) is 0 Å². The van der Waals surface area contributed by atoms with E-state index in [1.165, 1.54) is 0 Å². The Balaban J connectivity index is 2.31. The quantitative estimate of drug-likeness (QED) is 0.652. The first-order valence-electron chi connectivity index (χ1n) is 7.02. The molecule has 0 aliphatic heterocycles. The molecule has 0 fully saturated rings. The van der Waals surface area contributed by atoms with Crippen LogP contribution >= 0.6 is 0 Å². The van der Waals surface area contributed by atoms with Gasteiger partial charge in [0.05, 0.1) is 6.85 Å². The maximum atomic E-state index is 7.82. The standard InChI is InChI=1S/C13H14N/c1-3-7-13(8-4-1)9-12-14-10-5-2-6-11-14/h1-8,10-11H,9,12H2/q+1/i1D,3D,4D,7D,8D. The molecule has 1 aromatic carbocycles. The molecular weight excluding hydrogens is 170 g/mol. The Morgan fingerprint density at radius 3 is 2.43 bits per heavy atom. The summed E-state index contributed by atoms with van der Waals surface area (Å²) < 4.78 is 40.3. The summed E-state index contributed by atoms with van der Waals surface area (Å²) >= 11 is 0. The van der Waals surface area contributed by atoms with Crippen molar-refractivity contribution < 1.29 is 11.4 Å². The van der Waals surface area contributed by atoms with Gasteiger partial charge in [0.2, 0.25) is 0 Å². The summed E-state index contributed by atoms with van der Waals surface area (Å²) in [5.41, 5.74) is 0.363. The van der Waals surface area contributed by atoms with Crippen molar-refractivity contribution in [3.63, 3.8) is 0 Å². The van der Waals surface area contributed by atoms with Crippen LogP contribution in [0.1, 0.15) is 12.4 Å². The number of rotatable bonds is 3. The third kappa shape index (κ3) is 2.43. The molecule has 70 valence electrons. The summed E-state index contributed by atoms with van der Waals surface area (Å²) in [7, 11) is 0. The third-order valence-electron chi connectivity index (χ3n) is 1.95. The van der Waals surface area contributed by atoms with Crippen LogP contribution in [0.15, 0.2) is 60.8 Å². The van der Waals surface area contributed by atoms with Crippen LogP contribution in [0.2, 0.25) is 0 Å². The minimum atomic E-state index is -0.342. The predicted molar refractivity (Wildman–Crippen MR) is 56.8 cm³/mol. The fourth-order valence-corrected chi connectivity index (χ4v) is 1.23. The third-order valence-corrected chi connectivity index (χ3v) is 1.95. The van der Waals surface area contributed by atoms with Crippen molar-refractivity contribution >= 4 is 0 Å². The van der Waals surface area contributed by atoms with E-state index in [2.05, 4.69) is 0 Å². The molecule has 0 amide bonds. The lowest BCUT2D eigenvalue weighted by Crippen LogP contribution is -2.33. The van der Waals surface area contributed by atoms with E-state index in [0.29, 0.717) is 18.5 Å². The van der Waals surface area contributed by atoms with Gasteiger partial charge in [0.25, 0.3) is 0 Å². The largest absolute Gasteiger partial charge is 0.205 e. The normalized spacial score (nSPS) is 15.0. The highest BCUT2D eigenvalue weighted by atomic mass is 14.9. The average Bonchev–Trinajstić information content (AvgIpc) is 2.44. The van der Waals surface area contributed by atoms with Crippen molar-refractivity contribution in [3.8, 4) is 0 Å². The Morgan fingerprint density at radius 1 is 1.00 bits per heavy atom. The van der Waals surface area contributed by atoms with Crippen molar-refractivity contribution in [3.05, 3.63) is 66.4 Å². The van der Waals surface area contributed by atoms with Gasteiger partial charge in [-0.15, -0.1) is 0 Å². The van der Waals surface area contributed by atoms with E-state index in [-0.39, 0.29) is 30.2 Å². The minimum Gasteiger partial charge on any atom is -0.205 e. The average molecular weight is 189 g/mol. The molecule has 0 saturated heterocycles. The number of aromatic nitrogens is 1. The molecular formula is C13H14N+. The van der Waals surface area contributed by atoms with Gasteiger partial charge in [0.1, 0.15) is 0 Å². The van der Waals surface area contributed by atoms with Gasteiger partial charge in [-0.05, 0) is 5.56 Å². The first-order valence-corrected chi connectivity index (χ1v) is 4.52. The zero-order valence-electron chi connectivity index (χ0n) is 12.7. The predicted octanol–water partition coefficient (Wildman–Crippen LogP) is 2.22. The van der Waals surface area contributed by atoms with Crippen molar-refractivity contribution in [2.24, 2.45) is 0 Å². The van der Waals surface area contributed by atoms with Crippen molar-refractivity contribution in [2.45, 2.75) is 13.0 Å². The Kier molecular flexibility index (Phi) is 1.54. The van der Waals surface area contributed by atoms with Crippen LogP contribution in [0, 0.1) is 0 Å². The Bertz CT molecular complexity index is 569. The van der Waals surface area contributed by atoms with Gasteiger partial charge < -0.3 is 0 Å². The van der Waals surface area contributed by atoms with Gasteiger partial charge in [0, 0.05) is 18.6 Å². The molecule has 1 aromatic heterocycles. The fraction of sp³-hybridized carbons (Fsp3) is 0.154. The summed E-state index contributed by atoms with van der Waals surface area (Å²) in [4.78, 5) is 0. The van der Waals surface area contributed by atoms with Crippen LogP contribution in [0.3, 0.4) is 0 Å². The summed E-state index contributed by atoms with van der Waals surface area (Å²) in [6, 6.07) is 4.59. The molecule has 14 heavy (non-hydrogen) atoms. The van der Waals surface area contributed by atoms with E-state index in [4.69, 9.17) is 6.85 Å². The van der Waals surface area contributed by atoms with Crippen LogP contribution in [-0.2, 0) is 13.0 Å². The molecule has 2 aromatic rings. The first kappa shape index (κ1) is 4.74. The summed E-state index contributed by atoms with van der Waals surface area (Å²) in [5.74, 6) is 0. The lowest BCUT2D eigenvalue weighted by molar-refractivity contribution is -0.696. The smallest absolute Gasteiger partial charge is 0.168 e. The number of benzene rings is 1. The molecule has 0 N–H and O–H groups in total. The maximum Gasteiger partial charge on any atom is 0.168 e. The fourth-order valence-electron chi connectivity index (χ4n) is 1.23. The number of aryl methyl sites for hydroxylation is 1. The number of hydrogen-bond acceptors (Lipinski definition) is 0. The number of hydrogen-bond donors (Lipinski definition) is 0. The topological polar surface area (TPSA) is 3.88 Å². The second-order valence-electron chi connectivity index (χ2n) is 2.97. The zero-order valence-corrected chi connectivity index (χ0v) is 7.75. The van der Waals surface area contributed by atoms with E-state index in [1.54, 1.807) is 0 Å². The molecule has 0 aliphatic carbocycles. The minimum absolute atomic E-state index is 0.109. The lowest BCUT2D eigenvalue weighted by Gasteiger charge is -1.97. The van der Waals surface area contributed by atoms with Crippen molar-refractivity contribution in [1.29, 1.82) is 0 Å². The molecule has 1 heteroatoms. The second kappa shape index (κ2) is 4.56. The highest BCUT2D eigenvalue weighted by Crippen LogP contribution is 1.98. The summed E-state index contributed by atoms with van der Waals surface area (Å²) in [5, 5.41) is 0. The van der Waals surface area contributed by atoms with Crippen LogP contribution in [0.25, 0.3) is 0 Å². The van der Waals surface area contributed by atoms with Gasteiger partial charge in [-0.2, -0.15) is 0 Å². The van der Waals surface area contributed by atoms with E-state index in [1.807, 2.05) is 35.2 Å². The van der Waals surface area contributed by atoms with E-state index < -0.39 is 0 Å². The molecule has 0 saturated carbocycles. The van der Waals surface area contributed by atoms with Gasteiger partial charge in [-0.25, -0.2) is 4.57 Å². The summed E-state index contributed by atoms with van der Waals surface area (Å²) in [6.07, 6.45) is 4.18. The maximum absolute atomic E-state index is 7.82. The molecule has 0 unspecified atom stereocenters. The highest BCUT2D eigenvalue weighted by molar-refractivity contribution is 5.14. The molecule has 0 radical (unpaired) electrons. The monoisotopic (exact) mass is 189 g/mol. The van der Waals surface area contributed by atoms with Crippen LogP contribution < -0.4 is 4.57 Å². The van der Waals surface area contributed by atoms with Crippen molar-refractivity contribution in [2.75, 3.05) is 0 Å². The number of pyridine rings is 1. The second-order valence-corrected chi connectivity index (χ2v) is 2.97. The van der Waals surface area contributed by atoms with Gasteiger partial charge in [-0.1, -0.05) is 36.3 Å². The van der Waals surface area contributed by atoms with Crippen LogP contribution in [-0.4, -0.2) is 0 Å². The van der Waals surface area contributed by atoms with Crippen molar-refractivity contribution in [1.82, 2.24) is 0 Å². The molecule has 0 bridgehead atoms. The molecule has 1 nitrogen and oxygen atoms in total. The van der Waals surface area contributed by atoms with E-state index in [0.717, 1.165) is 0 Å². The van der Waals surface area contributed by atoms with E-state index in [9.17, 15) is 0 Å². The van der Waals surface area contributed by atoms with E-state index >= 15 is 0 Å². The highest BCUT2D eigenvalue weighted by Gasteiger charge is 1.98. The molecule has 1 heterocycles. The molecule has 0 spiro atoms. The lowest BCUT2D eigenvalue weighted by atomic mass is 10.1. The molecule has 0 atom stereocenters. The van der Waals surface area contributed by atoms with Crippen LogP contribution in [0.5, 0.6) is 0 Å². The first-order chi connectivity index (χ1) is 9.02. The van der Waals surface area contributed by atoms with Gasteiger partial charge in [0.15, 0.2) is 18.9 Å². The summed E-state index contributed by atoms with van der Waals surface area (Å²) in [6.45, 7) is 0.578. The Labute approximate surface area is 91.7 Å². The number of nitrogens with zero attached hydrogens (tertiary/aromatic N) is 1. The Morgan fingerprint density at radius 2 is 1.71 bits per heavy atom. The van der Waals surface area contributed by atoms with Gasteiger partial charge >= 0.3 is 0 Å². The Hall–Kier alpha value is -1.63. The molecule has 0 aliphatic rings. The SMILES string of the molecule is [2H]c1c([2H])c([2H])c(CC[n+]2ccccc2)c([2H])c1[2H].